The molecule has 1 unspecified atom stereocenters. The zero-order chi connectivity index (χ0) is 18.6. The molecule has 5 rings (SSSR count). The van der Waals surface area contributed by atoms with Gasteiger partial charge in [0.2, 0.25) is 0 Å². The van der Waals surface area contributed by atoms with E-state index in [0.29, 0.717) is 17.8 Å². The van der Waals surface area contributed by atoms with Gasteiger partial charge in [-0.15, -0.1) is 0 Å². The molecule has 4 saturated carbocycles. The number of esters is 1. The molecule has 1 heterocycles. The van der Waals surface area contributed by atoms with Crippen molar-refractivity contribution in [1.82, 2.24) is 9.78 Å². The maximum absolute atomic E-state index is 13.2. The molecule has 5 heteroatoms. The van der Waals surface area contributed by atoms with Gasteiger partial charge in [-0.25, -0.2) is 0 Å². The molecule has 0 spiro atoms. The highest BCUT2D eigenvalue weighted by molar-refractivity contribution is 5.91. The molecule has 142 valence electrons. The first-order chi connectivity index (χ1) is 12.3. The minimum Gasteiger partial charge on any atom is -0.454 e. The Morgan fingerprint density at radius 1 is 1.15 bits per heavy atom. The molecule has 4 bridgehead atoms. The van der Waals surface area contributed by atoms with Gasteiger partial charge in [0.05, 0.1) is 12.1 Å². The zero-order valence-corrected chi connectivity index (χ0v) is 16.4. The normalized spacial score (nSPS) is 33.3. The first kappa shape index (κ1) is 17.7. The molecule has 1 aromatic rings. The summed E-state index contributed by atoms with van der Waals surface area (Å²) in [6.45, 7) is 5.62. The van der Waals surface area contributed by atoms with Crippen LogP contribution in [0.4, 0.5) is 0 Å². The molecule has 4 aliphatic rings. The third-order valence-corrected chi connectivity index (χ3v) is 7.22. The number of ketones is 1. The van der Waals surface area contributed by atoms with Crippen LogP contribution < -0.4 is 0 Å². The lowest BCUT2D eigenvalue weighted by atomic mass is 9.48. The van der Waals surface area contributed by atoms with Crippen molar-refractivity contribution in [3.05, 3.63) is 17.0 Å². The quantitative estimate of drug-likeness (QED) is 0.758. The largest absolute Gasteiger partial charge is 0.454 e. The zero-order valence-electron chi connectivity index (χ0n) is 16.4. The van der Waals surface area contributed by atoms with Crippen molar-refractivity contribution in [3.63, 3.8) is 0 Å². The van der Waals surface area contributed by atoms with Crippen molar-refractivity contribution in [1.29, 1.82) is 0 Å². The standard InChI is InChI=1S/C21H30N2O3/c1-12-18(13(2)23(4)22-12)8-19(24)26-14(3)20(25)21-9-15-5-16(10-21)7-17(6-15)11-21/h14-17H,5-11H2,1-4H3. The van der Waals surface area contributed by atoms with Gasteiger partial charge in [-0.2, -0.15) is 5.10 Å². The van der Waals surface area contributed by atoms with E-state index in [-0.39, 0.29) is 23.6 Å². The fourth-order valence-electron chi connectivity index (χ4n) is 6.35. The minimum atomic E-state index is -0.643. The fraction of sp³-hybridized carbons (Fsp3) is 0.762. The fourth-order valence-corrected chi connectivity index (χ4v) is 6.35. The van der Waals surface area contributed by atoms with Gasteiger partial charge < -0.3 is 4.74 Å². The van der Waals surface area contributed by atoms with E-state index in [1.54, 1.807) is 11.6 Å². The van der Waals surface area contributed by atoms with Crippen molar-refractivity contribution >= 4 is 11.8 Å². The summed E-state index contributed by atoms with van der Waals surface area (Å²) >= 11 is 0. The number of Topliss-reactive ketones (excluding diaryl/α,β-unsaturated/α-hetero) is 1. The van der Waals surface area contributed by atoms with E-state index in [4.69, 9.17) is 4.74 Å². The third kappa shape index (κ3) is 2.89. The van der Waals surface area contributed by atoms with Gasteiger partial charge in [0, 0.05) is 23.7 Å². The molecular formula is C21H30N2O3. The Morgan fingerprint density at radius 3 is 2.15 bits per heavy atom. The molecule has 5 nitrogen and oxygen atoms in total. The Labute approximate surface area is 155 Å². The van der Waals surface area contributed by atoms with Crippen LogP contribution in [0.1, 0.15) is 62.4 Å². The molecule has 1 atom stereocenters. The van der Waals surface area contributed by atoms with Crippen LogP contribution in [0.2, 0.25) is 0 Å². The molecule has 1 aromatic heterocycles. The van der Waals surface area contributed by atoms with Crippen LogP contribution in [0.3, 0.4) is 0 Å². The van der Waals surface area contributed by atoms with Gasteiger partial charge in [0.15, 0.2) is 11.9 Å². The lowest BCUT2D eigenvalue weighted by Crippen LogP contribution is -2.52. The van der Waals surface area contributed by atoms with E-state index < -0.39 is 6.10 Å². The highest BCUT2D eigenvalue weighted by atomic mass is 16.5. The van der Waals surface area contributed by atoms with E-state index in [1.165, 1.54) is 19.3 Å². The number of aryl methyl sites for hydroxylation is 2. The van der Waals surface area contributed by atoms with Crippen LogP contribution >= 0.6 is 0 Å². The van der Waals surface area contributed by atoms with Gasteiger partial charge in [-0.05, 0) is 77.0 Å². The monoisotopic (exact) mass is 358 g/mol. The second-order valence-corrected chi connectivity index (χ2v) is 9.14. The molecule has 0 aromatic carbocycles. The summed E-state index contributed by atoms with van der Waals surface area (Å²) < 4.78 is 7.38. The van der Waals surface area contributed by atoms with Crippen LogP contribution in [-0.4, -0.2) is 27.6 Å². The number of rotatable bonds is 5. The summed E-state index contributed by atoms with van der Waals surface area (Å²) in [5, 5.41) is 4.35. The Kier molecular flexibility index (Phi) is 4.24. The van der Waals surface area contributed by atoms with E-state index in [9.17, 15) is 9.59 Å². The summed E-state index contributed by atoms with van der Waals surface area (Å²) in [5.41, 5.74) is 2.52. The van der Waals surface area contributed by atoms with Crippen LogP contribution in [-0.2, 0) is 27.8 Å². The Bertz CT molecular complexity index is 713. The number of aromatic nitrogens is 2. The molecule has 4 fully saturated rings. The molecule has 4 aliphatic carbocycles. The Hall–Kier alpha value is -1.65. The second kappa shape index (κ2) is 6.21. The third-order valence-electron chi connectivity index (χ3n) is 7.22. The van der Waals surface area contributed by atoms with Gasteiger partial charge >= 0.3 is 5.97 Å². The van der Waals surface area contributed by atoms with Crippen molar-refractivity contribution in [3.8, 4) is 0 Å². The van der Waals surface area contributed by atoms with Crippen molar-refractivity contribution in [2.75, 3.05) is 0 Å². The molecular weight excluding hydrogens is 328 g/mol. The number of hydrogen-bond acceptors (Lipinski definition) is 4. The summed E-state index contributed by atoms with van der Waals surface area (Å²) in [6.07, 6.45) is 6.50. The lowest BCUT2D eigenvalue weighted by molar-refractivity contribution is -0.164. The molecule has 0 N–H and O–H groups in total. The van der Waals surface area contributed by atoms with Crippen molar-refractivity contribution < 1.29 is 14.3 Å². The topological polar surface area (TPSA) is 61.2 Å². The van der Waals surface area contributed by atoms with Gasteiger partial charge in [0.25, 0.3) is 0 Å². The van der Waals surface area contributed by atoms with Crippen molar-refractivity contribution in [2.45, 2.75) is 71.8 Å². The maximum Gasteiger partial charge on any atom is 0.311 e. The van der Waals surface area contributed by atoms with E-state index >= 15 is 0 Å². The number of ether oxygens (including phenoxy) is 1. The SMILES string of the molecule is Cc1nn(C)c(C)c1CC(=O)OC(C)C(=O)C12CC3CC(CC(C3)C1)C2. The Balaban J connectivity index is 1.42. The summed E-state index contributed by atoms with van der Waals surface area (Å²) in [7, 11) is 1.87. The summed E-state index contributed by atoms with van der Waals surface area (Å²) in [6, 6.07) is 0. The maximum atomic E-state index is 13.2. The average Bonchev–Trinajstić information content (AvgIpc) is 2.79. The molecule has 0 radical (unpaired) electrons. The van der Waals surface area contributed by atoms with E-state index in [2.05, 4.69) is 5.10 Å². The van der Waals surface area contributed by atoms with Crippen LogP contribution in [0.5, 0.6) is 0 Å². The smallest absolute Gasteiger partial charge is 0.311 e. The molecule has 0 amide bonds. The summed E-state index contributed by atoms with van der Waals surface area (Å²) in [5.74, 6) is 2.00. The summed E-state index contributed by atoms with van der Waals surface area (Å²) in [4.78, 5) is 25.7. The van der Waals surface area contributed by atoms with E-state index in [1.807, 2.05) is 20.9 Å². The van der Waals surface area contributed by atoms with Gasteiger partial charge in [0.1, 0.15) is 0 Å². The second-order valence-electron chi connectivity index (χ2n) is 9.14. The highest BCUT2D eigenvalue weighted by Gasteiger charge is 2.55. The predicted octanol–water partition coefficient (Wildman–Crippen LogP) is 3.30. The Morgan fingerprint density at radius 2 is 1.69 bits per heavy atom. The van der Waals surface area contributed by atoms with E-state index in [0.717, 1.165) is 36.2 Å². The molecule has 0 saturated heterocycles. The molecule has 26 heavy (non-hydrogen) atoms. The molecule has 0 aliphatic heterocycles. The number of carbonyl (C=O) groups excluding carboxylic acids is 2. The number of nitrogens with zero attached hydrogens (tertiary/aromatic N) is 2. The lowest BCUT2D eigenvalue weighted by Gasteiger charge is -2.56. The van der Waals surface area contributed by atoms with Crippen LogP contribution in [0.15, 0.2) is 0 Å². The first-order valence-corrected chi connectivity index (χ1v) is 10.0. The predicted molar refractivity (Wildman–Crippen MR) is 97.6 cm³/mol. The number of hydrogen-bond donors (Lipinski definition) is 0. The highest BCUT2D eigenvalue weighted by Crippen LogP contribution is 2.60. The average molecular weight is 358 g/mol. The van der Waals surface area contributed by atoms with Gasteiger partial charge in [-0.1, -0.05) is 0 Å². The van der Waals surface area contributed by atoms with Gasteiger partial charge in [-0.3, -0.25) is 14.3 Å². The van der Waals surface area contributed by atoms with Crippen molar-refractivity contribution in [2.24, 2.45) is 30.2 Å². The first-order valence-electron chi connectivity index (χ1n) is 10.0. The minimum absolute atomic E-state index is 0.171. The van der Waals surface area contributed by atoms with Crippen LogP contribution in [0.25, 0.3) is 0 Å². The van der Waals surface area contributed by atoms with Crippen LogP contribution in [0, 0.1) is 37.0 Å². The number of carbonyl (C=O) groups is 2.